The van der Waals surface area contributed by atoms with Crippen LogP contribution in [0.15, 0.2) is 39.9 Å². The van der Waals surface area contributed by atoms with E-state index in [9.17, 15) is 4.79 Å². The van der Waals surface area contributed by atoms with Gasteiger partial charge in [-0.2, -0.15) is 0 Å². The van der Waals surface area contributed by atoms with Gasteiger partial charge < -0.3 is 9.25 Å². The monoisotopic (exact) mass is 329 g/mol. The van der Waals surface area contributed by atoms with Crippen LogP contribution in [0.3, 0.4) is 0 Å². The molecule has 0 radical (unpaired) electrons. The van der Waals surface area contributed by atoms with E-state index in [0.29, 0.717) is 12.5 Å². The van der Waals surface area contributed by atoms with Gasteiger partial charge in [0.2, 0.25) is 5.89 Å². The molecule has 6 heteroatoms. The summed E-state index contributed by atoms with van der Waals surface area (Å²) < 4.78 is 5.50. The van der Waals surface area contributed by atoms with Crippen LogP contribution in [0.4, 0.5) is 0 Å². The lowest BCUT2D eigenvalue weighted by molar-refractivity contribution is 0.0991. The standard InChI is InChI=1S/C18H23N3O3/c1-12(2)14(21-23-11-13-9-7-6-8-10-13)15(22)16-19-20-17(24-16)18(3,4)5/h6-10,12H,11H2,1-5H3/b21-14-. The second-order valence-corrected chi connectivity index (χ2v) is 6.88. The van der Waals surface area contributed by atoms with E-state index >= 15 is 0 Å². The Morgan fingerprint density at radius 1 is 1.21 bits per heavy atom. The van der Waals surface area contributed by atoms with Crippen molar-refractivity contribution < 1.29 is 14.0 Å². The molecule has 24 heavy (non-hydrogen) atoms. The van der Waals surface area contributed by atoms with Crippen LogP contribution >= 0.6 is 0 Å². The van der Waals surface area contributed by atoms with Crippen LogP contribution < -0.4 is 0 Å². The van der Waals surface area contributed by atoms with Gasteiger partial charge in [0.05, 0.1) is 0 Å². The second kappa shape index (κ2) is 7.38. The number of benzene rings is 1. The summed E-state index contributed by atoms with van der Waals surface area (Å²) in [5.41, 5.74) is 0.921. The fourth-order valence-corrected chi connectivity index (χ4v) is 1.89. The molecule has 0 fully saturated rings. The summed E-state index contributed by atoms with van der Waals surface area (Å²) in [6, 6.07) is 9.63. The molecule has 0 N–H and O–H groups in total. The van der Waals surface area contributed by atoms with Gasteiger partial charge in [0.1, 0.15) is 12.3 Å². The Labute approximate surface area is 141 Å². The van der Waals surface area contributed by atoms with Gasteiger partial charge in [-0.25, -0.2) is 0 Å². The minimum atomic E-state index is -0.402. The van der Waals surface area contributed by atoms with Gasteiger partial charge in [0, 0.05) is 11.3 Å². The predicted octanol–water partition coefficient (Wildman–Crippen LogP) is 3.78. The maximum absolute atomic E-state index is 12.6. The lowest BCUT2D eigenvalue weighted by Crippen LogP contribution is -2.21. The molecule has 0 saturated heterocycles. The van der Waals surface area contributed by atoms with Crippen LogP contribution in [0.2, 0.25) is 0 Å². The number of oxime groups is 1. The number of Topliss-reactive ketones (excluding diaryl/α,β-unsaturated/α-hetero) is 1. The van der Waals surface area contributed by atoms with Crippen LogP contribution in [0.5, 0.6) is 0 Å². The van der Waals surface area contributed by atoms with E-state index in [4.69, 9.17) is 9.25 Å². The molecule has 2 rings (SSSR count). The molecule has 0 unspecified atom stereocenters. The summed E-state index contributed by atoms with van der Waals surface area (Å²) in [5, 5.41) is 11.8. The normalized spacial score (nSPS) is 12.5. The van der Waals surface area contributed by atoms with E-state index in [1.807, 2.05) is 65.0 Å². The maximum atomic E-state index is 12.6. The average Bonchev–Trinajstić information content (AvgIpc) is 3.02. The molecule has 0 atom stereocenters. The first kappa shape index (κ1) is 17.8. The van der Waals surface area contributed by atoms with Gasteiger partial charge >= 0.3 is 0 Å². The molecule has 0 bridgehead atoms. The summed E-state index contributed by atoms with van der Waals surface area (Å²) in [5.74, 6) is -0.172. The molecule has 2 aromatic rings. The minimum Gasteiger partial charge on any atom is -0.417 e. The van der Waals surface area contributed by atoms with E-state index < -0.39 is 5.78 Å². The van der Waals surface area contributed by atoms with Crippen LogP contribution in [0, 0.1) is 5.92 Å². The van der Waals surface area contributed by atoms with E-state index in [0.717, 1.165) is 5.56 Å². The highest BCUT2D eigenvalue weighted by atomic mass is 16.6. The molecule has 1 heterocycles. The molecule has 0 amide bonds. The number of carbonyl (C=O) groups is 1. The van der Waals surface area contributed by atoms with Crippen molar-refractivity contribution in [2.75, 3.05) is 0 Å². The molecule has 0 aliphatic heterocycles. The van der Waals surface area contributed by atoms with Crippen LogP contribution in [-0.2, 0) is 16.9 Å². The predicted molar refractivity (Wildman–Crippen MR) is 90.8 cm³/mol. The van der Waals surface area contributed by atoms with Crippen molar-refractivity contribution in [2.24, 2.45) is 11.1 Å². The third kappa shape index (κ3) is 4.50. The number of hydrogen-bond acceptors (Lipinski definition) is 6. The summed E-state index contributed by atoms with van der Waals surface area (Å²) in [7, 11) is 0. The van der Waals surface area contributed by atoms with Crippen molar-refractivity contribution >= 4 is 11.5 Å². The van der Waals surface area contributed by atoms with Gasteiger partial charge in [0.25, 0.3) is 11.7 Å². The van der Waals surface area contributed by atoms with Crippen molar-refractivity contribution in [1.82, 2.24) is 10.2 Å². The van der Waals surface area contributed by atoms with E-state index in [1.54, 1.807) is 0 Å². The number of nitrogens with zero attached hydrogens (tertiary/aromatic N) is 3. The molecule has 0 aliphatic rings. The van der Waals surface area contributed by atoms with Crippen LogP contribution in [-0.4, -0.2) is 21.7 Å². The van der Waals surface area contributed by atoms with E-state index in [1.165, 1.54) is 0 Å². The number of hydrogen-bond donors (Lipinski definition) is 0. The van der Waals surface area contributed by atoms with Crippen molar-refractivity contribution in [1.29, 1.82) is 0 Å². The third-order valence-electron chi connectivity index (χ3n) is 3.28. The highest BCUT2D eigenvalue weighted by Gasteiger charge is 2.28. The van der Waals surface area contributed by atoms with Crippen molar-refractivity contribution in [3.63, 3.8) is 0 Å². The van der Waals surface area contributed by atoms with E-state index in [-0.39, 0.29) is 22.9 Å². The van der Waals surface area contributed by atoms with E-state index in [2.05, 4.69) is 15.4 Å². The first-order chi connectivity index (χ1) is 11.3. The Hall–Kier alpha value is -2.50. The van der Waals surface area contributed by atoms with Crippen LogP contribution in [0.25, 0.3) is 0 Å². The zero-order valence-corrected chi connectivity index (χ0v) is 14.7. The van der Waals surface area contributed by atoms with Gasteiger partial charge in [-0.05, 0) is 5.56 Å². The zero-order chi connectivity index (χ0) is 17.7. The lowest BCUT2D eigenvalue weighted by atomic mass is 9.97. The number of carbonyl (C=O) groups excluding carboxylic acids is 1. The van der Waals surface area contributed by atoms with Gasteiger partial charge in [0.15, 0.2) is 0 Å². The zero-order valence-electron chi connectivity index (χ0n) is 14.7. The molecule has 6 nitrogen and oxygen atoms in total. The topological polar surface area (TPSA) is 77.6 Å². The molecule has 1 aromatic carbocycles. The number of ketones is 1. The van der Waals surface area contributed by atoms with Gasteiger partial charge in [-0.1, -0.05) is 70.1 Å². The number of rotatable bonds is 6. The smallest absolute Gasteiger partial charge is 0.290 e. The Morgan fingerprint density at radius 2 is 1.88 bits per heavy atom. The molecule has 0 spiro atoms. The summed E-state index contributed by atoms with van der Waals surface area (Å²) in [4.78, 5) is 17.9. The SMILES string of the molecule is CC(C)/C(=N/OCc1ccccc1)C(=O)c1nnc(C(C)(C)C)o1. The third-order valence-corrected chi connectivity index (χ3v) is 3.28. The van der Waals surface area contributed by atoms with Crippen molar-refractivity contribution in [3.8, 4) is 0 Å². The minimum absolute atomic E-state index is 0.0595. The summed E-state index contributed by atoms with van der Waals surface area (Å²) in [6.45, 7) is 9.84. The molecule has 0 saturated carbocycles. The Balaban J connectivity index is 2.13. The fraction of sp³-hybridized carbons (Fsp3) is 0.444. The summed E-state index contributed by atoms with van der Waals surface area (Å²) >= 11 is 0. The number of aromatic nitrogens is 2. The Kier molecular flexibility index (Phi) is 5.49. The maximum Gasteiger partial charge on any atom is 0.290 e. The Bertz CT molecular complexity index is 713. The van der Waals surface area contributed by atoms with Crippen LogP contribution in [0.1, 0.15) is 56.8 Å². The Morgan fingerprint density at radius 3 is 2.42 bits per heavy atom. The largest absolute Gasteiger partial charge is 0.417 e. The summed E-state index contributed by atoms with van der Waals surface area (Å²) in [6.07, 6.45) is 0. The van der Waals surface area contributed by atoms with Crippen molar-refractivity contribution in [2.45, 2.75) is 46.6 Å². The van der Waals surface area contributed by atoms with Gasteiger partial charge in [-0.15, -0.1) is 10.2 Å². The first-order valence-corrected chi connectivity index (χ1v) is 7.91. The highest BCUT2D eigenvalue weighted by Crippen LogP contribution is 2.21. The fourth-order valence-electron chi connectivity index (χ4n) is 1.89. The van der Waals surface area contributed by atoms with Crippen molar-refractivity contribution in [3.05, 3.63) is 47.7 Å². The molecule has 0 aliphatic carbocycles. The average molecular weight is 329 g/mol. The molecular formula is C18H23N3O3. The second-order valence-electron chi connectivity index (χ2n) is 6.88. The lowest BCUT2D eigenvalue weighted by Gasteiger charge is -2.11. The highest BCUT2D eigenvalue weighted by molar-refractivity contribution is 6.45. The molecular weight excluding hydrogens is 306 g/mol. The molecule has 1 aromatic heterocycles. The first-order valence-electron chi connectivity index (χ1n) is 7.91. The quantitative estimate of drug-likeness (QED) is 0.458. The van der Waals surface area contributed by atoms with Gasteiger partial charge in [-0.3, -0.25) is 4.79 Å². The molecule has 128 valence electrons.